The lowest BCUT2D eigenvalue weighted by molar-refractivity contribution is -0.126. The fourth-order valence-corrected chi connectivity index (χ4v) is 2.80. The first-order chi connectivity index (χ1) is 10.5. The molecular formula is C15H20ClN3O3. The van der Waals surface area contributed by atoms with Gasteiger partial charge in [-0.1, -0.05) is 11.6 Å². The zero-order valence-corrected chi connectivity index (χ0v) is 13.4. The van der Waals surface area contributed by atoms with E-state index in [2.05, 4.69) is 10.6 Å². The van der Waals surface area contributed by atoms with Crippen LogP contribution >= 0.6 is 11.6 Å². The van der Waals surface area contributed by atoms with Crippen LogP contribution in [0.5, 0.6) is 5.75 Å². The predicted octanol–water partition coefficient (Wildman–Crippen LogP) is 1.50. The summed E-state index contributed by atoms with van der Waals surface area (Å²) in [6.07, 6.45) is 1.68. The number of carbonyl (C=O) groups excluding carboxylic acids is 2. The quantitative estimate of drug-likeness (QED) is 0.860. The summed E-state index contributed by atoms with van der Waals surface area (Å²) < 4.78 is 5.20. The highest BCUT2D eigenvalue weighted by Crippen LogP contribution is 2.27. The SMILES string of the molecule is CNC(=O)C1CCCN1CC(=O)Nc1cc(Cl)ccc1OC. The Balaban J connectivity index is 2.01. The van der Waals surface area contributed by atoms with E-state index in [9.17, 15) is 9.59 Å². The van der Waals surface area contributed by atoms with Crippen LogP contribution < -0.4 is 15.4 Å². The smallest absolute Gasteiger partial charge is 0.238 e. The summed E-state index contributed by atoms with van der Waals surface area (Å²) in [5.74, 6) is 0.295. The van der Waals surface area contributed by atoms with E-state index >= 15 is 0 Å². The molecule has 2 N–H and O–H groups in total. The number of hydrogen-bond donors (Lipinski definition) is 2. The molecule has 0 aromatic heterocycles. The van der Waals surface area contributed by atoms with Gasteiger partial charge in [-0.05, 0) is 37.6 Å². The van der Waals surface area contributed by atoms with Crippen molar-refractivity contribution in [2.24, 2.45) is 0 Å². The number of methoxy groups -OCH3 is 1. The standard InChI is InChI=1S/C15H20ClN3O3/c1-17-15(21)12-4-3-7-19(12)9-14(20)18-11-8-10(16)5-6-13(11)22-2/h5-6,8,12H,3-4,7,9H2,1-2H3,(H,17,21)(H,18,20). The fourth-order valence-electron chi connectivity index (χ4n) is 2.63. The van der Waals surface area contributed by atoms with Crippen molar-refractivity contribution in [3.8, 4) is 5.75 Å². The van der Waals surface area contributed by atoms with Gasteiger partial charge in [-0.15, -0.1) is 0 Å². The average Bonchev–Trinajstić information content (AvgIpc) is 2.94. The highest BCUT2D eigenvalue weighted by molar-refractivity contribution is 6.31. The lowest BCUT2D eigenvalue weighted by Crippen LogP contribution is -2.45. The van der Waals surface area contributed by atoms with Crippen molar-refractivity contribution >= 4 is 29.1 Å². The van der Waals surface area contributed by atoms with Gasteiger partial charge in [-0.25, -0.2) is 0 Å². The van der Waals surface area contributed by atoms with Crippen molar-refractivity contribution in [3.05, 3.63) is 23.2 Å². The summed E-state index contributed by atoms with van der Waals surface area (Å²) in [5, 5.41) is 5.94. The van der Waals surface area contributed by atoms with Crippen LogP contribution in [-0.2, 0) is 9.59 Å². The zero-order valence-electron chi connectivity index (χ0n) is 12.7. The molecule has 1 aromatic rings. The first-order valence-corrected chi connectivity index (χ1v) is 7.52. The second-order valence-corrected chi connectivity index (χ2v) is 5.57. The minimum Gasteiger partial charge on any atom is -0.495 e. The molecule has 7 heteroatoms. The van der Waals surface area contributed by atoms with Gasteiger partial charge in [0.15, 0.2) is 0 Å². The van der Waals surface area contributed by atoms with Crippen LogP contribution in [0.1, 0.15) is 12.8 Å². The summed E-state index contributed by atoms with van der Waals surface area (Å²) in [6, 6.07) is 4.79. The Bertz CT molecular complexity index is 565. The van der Waals surface area contributed by atoms with E-state index in [0.717, 1.165) is 19.4 Å². The van der Waals surface area contributed by atoms with Crippen LogP contribution in [0.25, 0.3) is 0 Å². The van der Waals surface area contributed by atoms with Gasteiger partial charge in [0.2, 0.25) is 11.8 Å². The lowest BCUT2D eigenvalue weighted by Gasteiger charge is -2.22. The van der Waals surface area contributed by atoms with Gasteiger partial charge in [0, 0.05) is 12.1 Å². The van der Waals surface area contributed by atoms with Crippen molar-refractivity contribution in [2.45, 2.75) is 18.9 Å². The molecule has 2 amide bonds. The number of anilines is 1. The number of likely N-dealkylation sites (tertiary alicyclic amines) is 1. The molecule has 6 nitrogen and oxygen atoms in total. The lowest BCUT2D eigenvalue weighted by atomic mass is 10.2. The van der Waals surface area contributed by atoms with Gasteiger partial charge in [0.1, 0.15) is 5.75 Å². The molecule has 120 valence electrons. The van der Waals surface area contributed by atoms with Gasteiger partial charge in [-0.2, -0.15) is 0 Å². The molecule has 1 aliphatic heterocycles. The number of hydrogen-bond acceptors (Lipinski definition) is 4. The van der Waals surface area contributed by atoms with Gasteiger partial charge < -0.3 is 15.4 Å². The van der Waals surface area contributed by atoms with Gasteiger partial charge in [0.05, 0.1) is 25.4 Å². The largest absolute Gasteiger partial charge is 0.495 e. The molecule has 0 saturated carbocycles. The molecule has 1 unspecified atom stereocenters. The molecule has 1 saturated heterocycles. The van der Waals surface area contributed by atoms with Gasteiger partial charge in [0.25, 0.3) is 0 Å². The monoisotopic (exact) mass is 325 g/mol. The van der Waals surface area contributed by atoms with Crippen LogP contribution in [0.3, 0.4) is 0 Å². The van der Waals surface area contributed by atoms with E-state index in [1.165, 1.54) is 7.11 Å². The normalized spacial score (nSPS) is 18.0. The molecule has 2 rings (SSSR count). The molecule has 1 aromatic carbocycles. The Morgan fingerprint density at radius 2 is 2.23 bits per heavy atom. The van der Waals surface area contributed by atoms with Crippen LogP contribution in [0, 0.1) is 0 Å². The third-order valence-electron chi connectivity index (χ3n) is 3.70. The van der Waals surface area contributed by atoms with Crippen molar-refractivity contribution < 1.29 is 14.3 Å². The number of rotatable bonds is 5. The number of likely N-dealkylation sites (N-methyl/N-ethyl adjacent to an activating group) is 1. The maximum Gasteiger partial charge on any atom is 0.238 e. The van der Waals surface area contributed by atoms with Crippen molar-refractivity contribution in [2.75, 3.05) is 32.6 Å². The van der Waals surface area contributed by atoms with E-state index < -0.39 is 0 Å². The molecule has 1 aliphatic rings. The number of carbonyl (C=O) groups is 2. The third-order valence-corrected chi connectivity index (χ3v) is 3.93. The Labute approximate surface area is 134 Å². The number of halogens is 1. The topological polar surface area (TPSA) is 70.7 Å². The number of amides is 2. The Kier molecular flexibility index (Phi) is 5.63. The van der Waals surface area contributed by atoms with Crippen LogP contribution in [0.15, 0.2) is 18.2 Å². The molecule has 22 heavy (non-hydrogen) atoms. The molecule has 0 aliphatic carbocycles. The highest BCUT2D eigenvalue weighted by Gasteiger charge is 2.31. The predicted molar refractivity (Wildman–Crippen MR) is 85.3 cm³/mol. The number of benzene rings is 1. The van der Waals surface area contributed by atoms with Crippen LogP contribution in [0.4, 0.5) is 5.69 Å². The van der Waals surface area contributed by atoms with E-state index in [-0.39, 0.29) is 24.4 Å². The number of nitrogens with one attached hydrogen (secondary N) is 2. The molecule has 1 heterocycles. The first kappa shape index (κ1) is 16.6. The summed E-state index contributed by atoms with van der Waals surface area (Å²) in [7, 11) is 3.14. The summed E-state index contributed by atoms with van der Waals surface area (Å²) in [6.45, 7) is 0.895. The fraction of sp³-hybridized carbons (Fsp3) is 0.467. The van der Waals surface area contributed by atoms with Crippen molar-refractivity contribution in [1.29, 1.82) is 0 Å². The second kappa shape index (κ2) is 7.47. The Morgan fingerprint density at radius 1 is 1.45 bits per heavy atom. The minimum absolute atomic E-state index is 0.0503. The number of nitrogens with zero attached hydrogens (tertiary/aromatic N) is 1. The molecule has 0 bridgehead atoms. The molecule has 0 spiro atoms. The molecule has 1 fully saturated rings. The minimum atomic E-state index is -0.239. The summed E-state index contributed by atoms with van der Waals surface area (Å²) in [5.41, 5.74) is 0.524. The van der Waals surface area contributed by atoms with Gasteiger partial charge in [-0.3, -0.25) is 14.5 Å². The Morgan fingerprint density at radius 3 is 2.91 bits per heavy atom. The first-order valence-electron chi connectivity index (χ1n) is 7.14. The van der Waals surface area contributed by atoms with E-state index in [0.29, 0.717) is 16.5 Å². The maximum atomic E-state index is 12.2. The Hall–Kier alpha value is -1.79. The number of ether oxygens (including phenoxy) is 1. The zero-order chi connectivity index (χ0) is 16.1. The highest BCUT2D eigenvalue weighted by atomic mass is 35.5. The third kappa shape index (κ3) is 3.90. The van der Waals surface area contributed by atoms with Gasteiger partial charge >= 0.3 is 0 Å². The molecular weight excluding hydrogens is 306 g/mol. The second-order valence-electron chi connectivity index (χ2n) is 5.14. The van der Waals surface area contributed by atoms with E-state index in [4.69, 9.17) is 16.3 Å². The average molecular weight is 326 g/mol. The van der Waals surface area contributed by atoms with Crippen LogP contribution in [-0.4, -0.2) is 50.0 Å². The maximum absolute atomic E-state index is 12.2. The van der Waals surface area contributed by atoms with E-state index in [1.807, 2.05) is 4.90 Å². The summed E-state index contributed by atoms with van der Waals surface area (Å²) in [4.78, 5) is 25.9. The van der Waals surface area contributed by atoms with E-state index in [1.54, 1.807) is 25.2 Å². The van der Waals surface area contributed by atoms with Crippen molar-refractivity contribution in [1.82, 2.24) is 10.2 Å². The molecule has 1 atom stereocenters. The summed E-state index contributed by atoms with van der Waals surface area (Å²) >= 11 is 5.94. The van der Waals surface area contributed by atoms with Crippen molar-refractivity contribution in [3.63, 3.8) is 0 Å². The molecule has 0 radical (unpaired) electrons. The van der Waals surface area contributed by atoms with Crippen LogP contribution in [0.2, 0.25) is 5.02 Å².